The zero-order valence-corrected chi connectivity index (χ0v) is 13.4. The van der Waals surface area contributed by atoms with Crippen LogP contribution in [0.15, 0.2) is 0 Å². The fourth-order valence-corrected chi connectivity index (χ4v) is 4.11. The van der Waals surface area contributed by atoms with Crippen LogP contribution in [0.2, 0.25) is 0 Å². The first-order valence-electron chi connectivity index (χ1n) is 8.92. The minimum absolute atomic E-state index is 0.115. The van der Waals surface area contributed by atoms with Crippen LogP contribution >= 0.6 is 0 Å². The molecular formula is C17H30N2O2. The summed E-state index contributed by atoms with van der Waals surface area (Å²) in [7, 11) is 0. The summed E-state index contributed by atoms with van der Waals surface area (Å²) < 4.78 is 5.23. The predicted octanol–water partition coefficient (Wildman–Crippen LogP) is 3.17. The topological polar surface area (TPSA) is 41.6 Å². The number of hydrogen-bond acceptors (Lipinski definition) is 3. The number of nitrogens with one attached hydrogen (secondary N) is 1. The first kappa shape index (κ1) is 15.1. The summed E-state index contributed by atoms with van der Waals surface area (Å²) in [5, 5.41) is 3.82. The average Bonchev–Trinajstić information content (AvgIpc) is 3.12. The molecule has 21 heavy (non-hydrogen) atoms. The molecule has 3 fully saturated rings. The molecule has 1 N–H and O–H groups in total. The minimum Gasteiger partial charge on any atom is -0.450 e. The Morgan fingerprint density at radius 3 is 2.52 bits per heavy atom. The quantitative estimate of drug-likeness (QED) is 0.847. The first-order valence-corrected chi connectivity index (χ1v) is 8.92. The predicted molar refractivity (Wildman–Crippen MR) is 83.2 cm³/mol. The lowest BCUT2D eigenvalue weighted by Gasteiger charge is -2.38. The Morgan fingerprint density at radius 1 is 1.10 bits per heavy atom. The SMILES string of the molecule is CCOC(=O)N1CC(CC2CC2)CC(NC2CCCC2)C1. The second-order valence-electron chi connectivity index (χ2n) is 7.23. The third kappa shape index (κ3) is 4.35. The van der Waals surface area contributed by atoms with Gasteiger partial charge in [0.05, 0.1) is 6.61 Å². The van der Waals surface area contributed by atoms with Gasteiger partial charge in [-0.2, -0.15) is 0 Å². The maximum atomic E-state index is 12.1. The maximum absolute atomic E-state index is 12.1. The van der Waals surface area contributed by atoms with Gasteiger partial charge in [0.25, 0.3) is 0 Å². The molecule has 0 radical (unpaired) electrons. The van der Waals surface area contributed by atoms with E-state index in [0.717, 1.165) is 19.0 Å². The van der Waals surface area contributed by atoms with Crippen LogP contribution in [0.3, 0.4) is 0 Å². The number of nitrogens with zero attached hydrogens (tertiary/aromatic N) is 1. The van der Waals surface area contributed by atoms with Crippen molar-refractivity contribution in [3.63, 3.8) is 0 Å². The lowest BCUT2D eigenvalue weighted by atomic mass is 9.89. The van der Waals surface area contributed by atoms with Crippen LogP contribution in [0, 0.1) is 11.8 Å². The second kappa shape index (κ2) is 6.99. The third-order valence-electron chi connectivity index (χ3n) is 5.25. The lowest BCUT2D eigenvalue weighted by Crippen LogP contribution is -2.53. The Labute approximate surface area is 128 Å². The van der Waals surface area contributed by atoms with Crippen LogP contribution < -0.4 is 5.32 Å². The summed E-state index contributed by atoms with van der Waals surface area (Å²) in [6.07, 6.45) is 10.6. The van der Waals surface area contributed by atoms with Crippen molar-refractivity contribution in [2.24, 2.45) is 11.8 Å². The summed E-state index contributed by atoms with van der Waals surface area (Å²) in [5.41, 5.74) is 0. The van der Waals surface area contributed by atoms with E-state index in [2.05, 4.69) is 5.32 Å². The Kier molecular flexibility index (Phi) is 5.04. The molecule has 0 aromatic rings. The standard InChI is InChI=1S/C17H30N2O2/c1-2-21-17(20)19-11-14(9-13-7-8-13)10-16(12-19)18-15-5-3-4-6-15/h13-16,18H,2-12H2,1H3. The van der Waals surface area contributed by atoms with E-state index >= 15 is 0 Å². The molecule has 3 rings (SSSR count). The highest BCUT2D eigenvalue weighted by Crippen LogP contribution is 2.38. The van der Waals surface area contributed by atoms with Crippen molar-refractivity contribution in [3.8, 4) is 0 Å². The number of likely N-dealkylation sites (tertiary alicyclic amines) is 1. The van der Waals surface area contributed by atoms with Gasteiger partial charge in [-0.05, 0) is 44.4 Å². The highest BCUT2D eigenvalue weighted by atomic mass is 16.6. The molecule has 2 aliphatic carbocycles. The maximum Gasteiger partial charge on any atom is 0.409 e. The fraction of sp³-hybridized carbons (Fsp3) is 0.941. The second-order valence-corrected chi connectivity index (χ2v) is 7.23. The van der Waals surface area contributed by atoms with Crippen molar-refractivity contribution in [2.45, 2.75) is 70.4 Å². The zero-order valence-electron chi connectivity index (χ0n) is 13.4. The van der Waals surface area contributed by atoms with E-state index in [1.54, 1.807) is 0 Å². The van der Waals surface area contributed by atoms with Gasteiger partial charge in [-0.15, -0.1) is 0 Å². The molecule has 0 aromatic heterocycles. The van der Waals surface area contributed by atoms with Gasteiger partial charge in [0.2, 0.25) is 0 Å². The van der Waals surface area contributed by atoms with Crippen molar-refractivity contribution < 1.29 is 9.53 Å². The Hall–Kier alpha value is -0.770. The smallest absolute Gasteiger partial charge is 0.409 e. The fourth-order valence-electron chi connectivity index (χ4n) is 4.11. The molecule has 1 aliphatic heterocycles. The van der Waals surface area contributed by atoms with Crippen molar-refractivity contribution in [1.82, 2.24) is 10.2 Å². The number of rotatable bonds is 5. The number of carbonyl (C=O) groups excluding carboxylic acids is 1. The molecule has 1 amide bonds. The Bertz CT molecular complexity index is 351. The summed E-state index contributed by atoms with van der Waals surface area (Å²) in [4.78, 5) is 14.1. The van der Waals surface area contributed by atoms with Gasteiger partial charge >= 0.3 is 6.09 Å². The van der Waals surface area contributed by atoms with E-state index in [9.17, 15) is 4.79 Å². The van der Waals surface area contributed by atoms with Gasteiger partial charge < -0.3 is 15.0 Å². The van der Waals surface area contributed by atoms with E-state index in [4.69, 9.17) is 4.74 Å². The molecule has 1 heterocycles. The Morgan fingerprint density at radius 2 is 1.86 bits per heavy atom. The van der Waals surface area contributed by atoms with Crippen LogP contribution in [0.5, 0.6) is 0 Å². The van der Waals surface area contributed by atoms with Gasteiger partial charge in [-0.3, -0.25) is 0 Å². The van der Waals surface area contributed by atoms with Crippen LogP contribution in [-0.4, -0.2) is 42.8 Å². The monoisotopic (exact) mass is 294 g/mol. The van der Waals surface area contributed by atoms with Gasteiger partial charge in [0.15, 0.2) is 0 Å². The van der Waals surface area contributed by atoms with Gasteiger partial charge in [0, 0.05) is 25.2 Å². The zero-order chi connectivity index (χ0) is 14.7. The van der Waals surface area contributed by atoms with Crippen molar-refractivity contribution >= 4 is 6.09 Å². The van der Waals surface area contributed by atoms with Gasteiger partial charge in [-0.1, -0.05) is 25.7 Å². The van der Waals surface area contributed by atoms with E-state index in [1.165, 1.54) is 51.4 Å². The molecule has 4 nitrogen and oxygen atoms in total. The number of amides is 1. The summed E-state index contributed by atoms with van der Waals surface area (Å²) >= 11 is 0. The molecule has 0 bridgehead atoms. The molecular weight excluding hydrogens is 264 g/mol. The van der Waals surface area contributed by atoms with Crippen LogP contribution in [0.25, 0.3) is 0 Å². The van der Waals surface area contributed by atoms with Crippen molar-refractivity contribution in [3.05, 3.63) is 0 Å². The highest BCUT2D eigenvalue weighted by Gasteiger charge is 2.35. The molecule has 2 atom stereocenters. The average molecular weight is 294 g/mol. The summed E-state index contributed by atoms with van der Waals surface area (Å²) in [6, 6.07) is 1.15. The van der Waals surface area contributed by atoms with E-state index < -0.39 is 0 Å². The van der Waals surface area contributed by atoms with E-state index in [1.807, 2.05) is 11.8 Å². The highest BCUT2D eigenvalue weighted by molar-refractivity contribution is 5.67. The third-order valence-corrected chi connectivity index (χ3v) is 5.25. The molecule has 2 saturated carbocycles. The van der Waals surface area contributed by atoms with Crippen LogP contribution in [0.1, 0.15) is 58.3 Å². The Balaban J connectivity index is 1.56. The van der Waals surface area contributed by atoms with Crippen LogP contribution in [-0.2, 0) is 4.74 Å². The van der Waals surface area contributed by atoms with Crippen LogP contribution in [0.4, 0.5) is 4.79 Å². The number of piperidine rings is 1. The van der Waals surface area contributed by atoms with E-state index in [-0.39, 0.29) is 6.09 Å². The molecule has 1 saturated heterocycles. The molecule has 4 heteroatoms. The molecule has 0 aromatic carbocycles. The lowest BCUT2D eigenvalue weighted by molar-refractivity contribution is 0.0746. The number of carbonyl (C=O) groups is 1. The number of ether oxygens (including phenoxy) is 1. The first-order chi connectivity index (χ1) is 10.2. The summed E-state index contributed by atoms with van der Waals surface area (Å²) in [6.45, 7) is 4.09. The minimum atomic E-state index is -0.115. The normalized spacial score (nSPS) is 30.6. The molecule has 2 unspecified atom stereocenters. The largest absolute Gasteiger partial charge is 0.450 e. The summed E-state index contributed by atoms with van der Waals surface area (Å²) in [5.74, 6) is 1.60. The number of hydrogen-bond donors (Lipinski definition) is 1. The van der Waals surface area contributed by atoms with Gasteiger partial charge in [0.1, 0.15) is 0 Å². The van der Waals surface area contributed by atoms with Crippen molar-refractivity contribution in [2.75, 3.05) is 19.7 Å². The molecule has 0 spiro atoms. The van der Waals surface area contributed by atoms with Gasteiger partial charge in [-0.25, -0.2) is 4.79 Å². The van der Waals surface area contributed by atoms with E-state index in [0.29, 0.717) is 24.6 Å². The van der Waals surface area contributed by atoms with Crippen molar-refractivity contribution in [1.29, 1.82) is 0 Å². The molecule has 3 aliphatic rings. The molecule has 120 valence electrons.